The number of piperazine rings is 1. The number of hydrogen-bond donors (Lipinski definition) is 1. The number of nitrogens with one attached hydrogen (secondary N) is 1. The quantitative estimate of drug-likeness (QED) is 0.380. The average Bonchev–Trinajstić information content (AvgIpc) is 3.37. The van der Waals surface area contributed by atoms with Gasteiger partial charge in [0.15, 0.2) is 11.5 Å². The van der Waals surface area contributed by atoms with Crippen molar-refractivity contribution >= 4 is 34.2 Å². The third kappa shape index (κ3) is 3.66. The second-order valence-corrected chi connectivity index (χ2v) is 8.94. The summed E-state index contributed by atoms with van der Waals surface area (Å²) in [7, 11) is 0. The van der Waals surface area contributed by atoms with Crippen LogP contribution in [0.5, 0.6) is 0 Å². The van der Waals surface area contributed by atoms with Gasteiger partial charge in [-0.2, -0.15) is 0 Å². The molecule has 0 saturated carbocycles. The van der Waals surface area contributed by atoms with E-state index >= 15 is 0 Å². The van der Waals surface area contributed by atoms with Crippen LogP contribution in [0.4, 0.5) is 16.2 Å². The molecule has 1 aliphatic carbocycles. The van der Waals surface area contributed by atoms with Crippen LogP contribution in [0.25, 0.3) is 22.2 Å². The van der Waals surface area contributed by atoms with Gasteiger partial charge in [-0.15, -0.1) is 0 Å². The van der Waals surface area contributed by atoms with E-state index in [2.05, 4.69) is 27.5 Å². The summed E-state index contributed by atoms with van der Waals surface area (Å²) in [6.45, 7) is 5.07. The Labute approximate surface area is 208 Å². The number of rotatable bonds is 5. The molecule has 1 saturated heterocycles. The Kier molecular flexibility index (Phi) is 5.56. The zero-order chi connectivity index (χ0) is 24.6. The van der Waals surface area contributed by atoms with Crippen molar-refractivity contribution < 1.29 is 18.8 Å². The number of fused-ring (bicyclic) bond motifs is 2. The van der Waals surface area contributed by atoms with Gasteiger partial charge in [0.1, 0.15) is 5.52 Å². The van der Waals surface area contributed by atoms with E-state index in [9.17, 15) is 9.59 Å². The predicted octanol–water partition coefficient (Wildman–Crippen LogP) is 4.93. The molecule has 2 heterocycles. The largest absolute Gasteiger partial charge is 0.450 e. The summed E-state index contributed by atoms with van der Waals surface area (Å²) in [6, 6.07) is 19.6. The third-order valence-corrected chi connectivity index (χ3v) is 6.85. The van der Waals surface area contributed by atoms with E-state index in [4.69, 9.17) is 9.26 Å². The maximum Gasteiger partial charge on any atom is 0.409 e. The van der Waals surface area contributed by atoms with Crippen molar-refractivity contribution in [3.8, 4) is 11.3 Å². The van der Waals surface area contributed by atoms with E-state index < -0.39 is 0 Å². The highest BCUT2D eigenvalue weighted by molar-refractivity contribution is 6.28. The molecular weight excluding hydrogens is 456 g/mol. The van der Waals surface area contributed by atoms with Crippen molar-refractivity contribution in [3.63, 3.8) is 0 Å². The zero-order valence-corrected chi connectivity index (χ0v) is 20.0. The molecule has 1 N–H and O–H groups in total. The minimum absolute atomic E-state index is 0.0412. The zero-order valence-electron chi connectivity index (χ0n) is 20.0. The maximum atomic E-state index is 13.7. The van der Waals surface area contributed by atoms with Crippen LogP contribution in [0.2, 0.25) is 0 Å². The average molecular weight is 483 g/mol. The van der Waals surface area contributed by atoms with Crippen molar-refractivity contribution in [1.82, 2.24) is 10.1 Å². The van der Waals surface area contributed by atoms with Crippen LogP contribution in [0, 0.1) is 0 Å². The lowest BCUT2D eigenvalue weighted by Crippen LogP contribution is -2.49. The highest BCUT2D eigenvalue weighted by Crippen LogP contribution is 2.46. The summed E-state index contributed by atoms with van der Waals surface area (Å²) >= 11 is 0. The van der Waals surface area contributed by atoms with E-state index in [0.717, 1.165) is 27.9 Å². The van der Waals surface area contributed by atoms with E-state index in [1.54, 1.807) is 4.90 Å². The van der Waals surface area contributed by atoms with Gasteiger partial charge < -0.3 is 24.4 Å². The number of carbonyl (C=O) groups excluding carboxylic acids is 2. The molecule has 3 aromatic carbocycles. The molecule has 1 fully saturated rings. The molecule has 1 aliphatic heterocycles. The highest BCUT2D eigenvalue weighted by atomic mass is 16.6. The number of ketones is 1. The van der Waals surface area contributed by atoms with E-state index in [-0.39, 0.29) is 11.9 Å². The number of ether oxygens (including phenoxy) is 1. The molecule has 0 atom stereocenters. The smallest absolute Gasteiger partial charge is 0.409 e. The monoisotopic (exact) mass is 482 g/mol. The lowest BCUT2D eigenvalue weighted by Gasteiger charge is -2.36. The second-order valence-electron chi connectivity index (χ2n) is 8.94. The number of amides is 1. The van der Waals surface area contributed by atoms with E-state index in [1.807, 2.05) is 55.5 Å². The first-order valence-electron chi connectivity index (χ1n) is 12.2. The Morgan fingerprint density at radius 2 is 1.75 bits per heavy atom. The normalized spacial score (nSPS) is 14.6. The lowest BCUT2D eigenvalue weighted by atomic mass is 9.86. The van der Waals surface area contributed by atoms with Gasteiger partial charge in [-0.05, 0) is 18.6 Å². The number of nitrogens with zero attached hydrogens (tertiary/aromatic N) is 3. The molecule has 1 aromatic heterocycles. The molecule has 0 bridgehead atoms. The summed E-state index contributed by atoms with van der Waals surface area (Å²) in [5.74, 6) is 0.575. The first-order chi connectivity index (χ1) is 17.7. The second kappa shape index (κ2) is 9.03. The Morgan fingerprint density at radius 3 is 2.50 bits per heavy atom. The van der Waals surface area contributed by atoms with Gasteiger partial charge in [0.25, 0.3) is 0 Å². The number of anilines is 2. The van der Waals surface area contributed by atoms with Crippen molar-refractivity contribution in [2.24, 2.45) is 0 Å². The van der Waals surface area contributed by atoms with Crippen LogP contribution in [0.1, 0.15) is 28.4 Å². The molecule has 0 radical (unpaired) electrons. The fourth-order valence-electron chi connectivity index (χ4n) is 5.06. The molecule has 0 unspecified atom stereocenters. The molecule has 6 rings (SSSR count). The molecular formula is C28H26N4O4. The molecule has 4 aromatic rings. The van der Waals surface area contributed by atoms with Crippen molar-refractivity contribution in [2.75, 3.05) is 43.0 Å². The third-order valence-electron chi connectivity index (χ3n) is 6.85. The van der Waals surface area contributed by atoms with Gasteiger partial charge in [0, 0.05) is 49.5 Å². The topological polar surface area (TPSA) is 87.9 Å². The fraction of sp³-hybridized carbons (Fsp3) is 0.250. The maximum absolute atomic E-state index is 13.7. The number of carbonyl (C=O) groups is 2. The Balaban J connectivity index is 1.43. The number of hydrogen-bond acceptors (Lipinski definition) is 7. The molecule has 1 amide bonds. The summed E-state index contributed by atoms with van der Waals surface area (Å²) in [5, 5.41) is 8.68. The molecule has 2 aliphatic rings. The van der Waals surface area contributed by atoms with Crippen LogP contribution < -0.4 is 10.2 Å². The molecule has 182 valence electrons. The van der Waals surface area contributed by atoms with Crippen LogP contribution in [-0.2, 0) is 11.3 Å². The first kappa shape index (κ1) is 22.2. The SMILES string of the molecule is CCOC(=O)N1CCN(c2cc(NCc3ccccc3)c3c4c(onc24)-c2ccccc2C3=O)CC1. The molecule has 36 heavy (non-hydrogen) atoms. The molecule has 0 spiro atoms. The summed E-state index contributed by atoms with van der Waals surface area (Å²) in [6.07, 6.45) is -0.289. The van der Waals surface area contributed by atoms with Gasteiger partial charge >= 0.3 is 6.09 Å². The van der Waals surface area contributed by atoms with Gasteiger partial charge in [-0.3, -0.25) is 4.79 Å². The van der Waals surface area contributed by atoms with Crippen molar-refractivity contribution in [3.05, 3.63) is 77.4 Å². The van der Waals surface area contributed by atoms with Crippen molar-refractivity contribution in [2.45, 2.75) is 13.5 Å². The summed E-state index contributed by atoms with van der Waals surface area (Å²) in [4.78, 5) is 29.8. The predicted molar refractivity (Wildman–Crippen MR) is 137 cm³/mol. The summed E-state index contributed by atoms with van der Waals surface area (Å²) < 4.78 is 11.0. The van der Waals surface area contributed by atoms with Crippen LogP contribution >= 0.6 is 0 Å². The minimum Gasteiger partial charge on any atom is -0.450 e. The van der Waals surface area contributed by atoms with E-state index in [1.165, 1.54) is 0 Å². The lowest BCUT2D eigenvalue weighted by molar-refractivity contribution is 0.103. The van der Waals surface area contributed by atoms with Gasteiger partial charge in [-0.25, -0.2) is 4.79 Å². The number of benzene rings is 3. The Bertz CT molecular complexity index is 1460. The molecule has 8 heteroatoms. The Morgan fingerprint density at radius 1 is 1.03 bits per heavy atom. The van der Waals surface area contributed by atoms with Crippen LogP contribution in [0.15, 0.2) is 65.2 Å². The highest BCUT2D eigenvalue weighted by Gasteiger charge is 2.34. The molecule has 8 nitrogen and oxygen atoms in total. The summed E-state index contributed by atoms with van der Waals surface area (Å²) in [5.41, 5.74) is 5.37. The minimum atomic E-state index is -0.289. The van der Waals surface area contributed by atoms with E-state index in [0.29, 0.717) is 61.7 Å². The van der Waals surface area contributed by atoms with Gasteiger partial charge in [-0.1, -0.05) is 59.8 Å². The Hall–Kier alpha value is -4.33. The van der Waals surface area contributed by atoms with Crippen LogP contribution in [0.3, 0.4) is 0 Å². The van der Waals surface area contributed by atoms with Crippen molar-refractivity contribution in [1.29, 1.82) is 0 Å². The van der Waals surface area contributed by atoms with Gasteiger partial charge in [0.2, 0.25) is 0 Å². The van der Waals surface area contributed by atoms with Gasteiger partial charge in [0.05, 0.1) is 23.2 Å². The first-order valence-corrected chi connectivity index (χ1v) is 12.2. The van der Waals surface area contributed by atoms with Crippen LogP contribution in [-0.4, -0.2) is 54.7 Å². The fourth-order valence-corrected chi connectivity index (χ4v) is 5.06. The standard InChI is InChI=1S/C28H26N4O4/c1-2-35-28(34)32-14-12-31(13-15-32)22-16-21(29-17-18-8-4-3-5-9-18)23-24-25(22)30-36-27(24)20-11-7-6-10-19(20)26(23)33/h3-11,16,29H,2,12-15,17H2,1H3. The number of aromatic nitrogens is 1.